The van der Waals surface area contributed by atoms with Gasteiger partial charge in [0.05, 0.1) is 10.9 Å². The molecular weight excluding hydrogens is 429 g/mol. The van der Waals surface area contributed by atoms with Crippen LogP contribution in [0, 0.1) is 12.7 Å². The van der Waals surface area contributed by atoms with E-state index in [2.05, 4.69) is 15.5 Å². The number of rotatable bonds is 8. The molecule has 0 amide bonds. The summed E-state index contributed by atoms with van der Waals surface area (Å²) in [6.45, 7) is 1.93. The van der Waals surface area contributed by atoms with E-state index in [0.29, 0.717) is 11.3 Å². The van der Waals surface area contributed by atoms with Gasteiger partial charge in [0.2, 0.25) is 10.0 Å². The van der Waals surface area contributed by atoms with E-state index in [-0.39, 0.29) is 17.9 Å². The summed E-state index contributed by atoms with van der Waals surface area (Å²) in [6, 6.07) is 12.8. The number of halogens is 1. The Morgan fingerprint density at radius 3 is 2.41 bits per heavy atom. The van der Waals surface area contributed by atoms with Crippen molar-refractivity contribution in [1.82, 2.24) is 24.5 Å². The van der Waals surface area contributed by atoms with Crippen molar-refractivity contribution in [2.75, 3.05) is 0 Å². The number of sulfonamides is 1. The molecule has 0 spiro atoms. The van der Waals surface area contributed by atoms with Crippen molar-refractivity contribution >= 4 is 10.0 Å². The predicted octanol–water partition coefficient (Wildman–Crippen LogP) is 3.97. The van der Waals surface area contributed by atoms with E-state index in [1.165, 1.54) is 12.1 Å². The zero-order valence-electron chi connectivity index (χ0n) is 18.4. The molecule has 3 aromatic rings. The molecule has 1 aliphatic rings. The zero-order chi connectivity index (χ0) is 22.7. The molecule has 0 N–H and O–H groups in total. The molecule has 32 heavy (non-hydrogen) atoms. The van der Waals surface area contributed by atoms with Gasteiger partial charge in [-0.3, -0.25) is 0 Å². The van der Waals surface area contributed by atoms with Crippen molar-refractivity contribution < 1.29 is 12.8 Å². The van der Waals surface area contributed by atoms with Crippen LogP contribution < -0.4 is 0 Å². The van der Waals surface area contributed by atoms with Crippen LogP contribution >= 0.6 is 0 Å². The van der Waals surface area contributed by atoms with Crippen LogP contribution in [0.25, 0.3) is 0 Å². The molecule has 2 atom stereocenters. The number of hydrogen-bond donors (Lipinski definition) is 0. The molecule has 170 valence electrons. The summed E-state index contributed by atoms with van der Waals surface area (Å²) in [5.74, 6) is 0.499. The third-order valence-corrected chi connectivity index (χ3v) is 8.16. The lowest BCUT2D eigenvalue weighted by molar-refractivity contribution is 0.307. The molecule has 1 fully saturated rings. The molecule has 9 heteroatoms. The van der Waals surface area contributed by atoms with Crippen LogP contribution in [0.15, 0.2) is 53.4 Å². The van der Waals surface area contributed by atoms with Crippen molar-refractivity contribution in [3.05, 3.63) is 71.3 Å². The monoisotopic (exact) mass is 457 g/mol. The molecule has 4 rings (SSSR count). The van der Waals surface area contributed by atoms with Crippen LogP contribution in [0.4, 0.5) is 4.39 Å². The normalized spacial score (nSPS) is 19.5. The molecule has 1 saturated heterocycles. The Kier molecular flexibility index (Phi) is 6.66. The van der Waals surface area contributed by atoms with E-state index in [4.69, 9.17) is 0 Å². The van der Waals surface area contributed by atoms with E-state index in [9.17, 15) is 12.8 Å². The summed E-state index contributed by atoms with van der Waals surface area (Å²) < 4.78 is 44.2. The molecule has 0 saturated carbocycles. The number of tetrazole rings is 1. The van der Waals surface area contributed by atoms with Crippen LogP contribution in [0.3, 0.4) is 0 Å². The Bertz CT molecular complexity index is 1150. The van der Waals surface area contributed by atoms with Gasteiger partial charge in [-0.15, -0.1) is 5.10 Å². The van der Waals surface area contributed by atoms with Crippen LogP contribution in [-0.2, 0) is 23.5 Å². The van der Waals surface area contributed by atoms with E-state index in [1.807, 2.05) is 26.1 Å². The summed E-state index contributed by atoms with van der Waals surface area (Å²) in [5.41, 5.74) is 1.84. The van der Waals surface area contributed by atoms with Gasteiger partial charge in [-0.05, 0) is 72.9 Å². The first kappa shape index (κ1) is 22.5. The quantitative estimate of drug-likeness (QED) is 0.478. The molecule has 2 unspecified atom stereocenters. The lowest BCUT2D eigenvalue weighted by atomic mass is 10.0. The van der Waals surface area contributed by atoms with Gasteiger partial charge in [0.15, 0.2) is 5.82 Å². The Morgan fingerprint density at radius 1 is 1.03 bits per heavy atom. The predicted molar refractivity (Wildman–Crippen MR) is 119 cm³/mol. The summed E-state index contributed by atoms with van der Waals surface area (Å²) in [7, 11) is -1.88. The smallest absolute Gasteiger partial charge is 0.233 e. The fraction of sp³-hybridized carbons (Fsp3) is 0.435. The number of hydrogen-bond acceptors (Lipinski definition) is 5. The highest BCUT2D eigenvalue weighted by Gasteiger charge is 2.42. The lowest BCUT2D eigenvalue weighted by Gasteiger charge is -2.30. The number of aromatic nitrogens is 4. The van der Waals surface area contributed by atoms with Crippen LogP contribution in [-0.4, -0.2) is 39.0 Å². The van der Waals surface area contributed by atoms with E-state index < -0.39 is 10.0 Å². The molecule has 1 aliphatic heterocycles. The fourth-order valence-electron chi connectivity index (χ4n) is 4.45. The largest absolute Gasteiger partial charge is 0.243 e. The van der Waals surface area contributed by atoms with Crippen LogP contribution in [0.2, 0.25) is 0 Å². The van der Waals surface area contributed by atoms with Crippen molar-refractivity contribution in [3.8, 4) is 0 Å². The number of benzene rings is 2. The van der Waals surface area contributed by atoms with Crippen LogP contribution in [0.5, 0.6) is 0 Å². The zero-order valence-corrected chi connectivity index (χ0v) is 19.2. The minimum absolute atomic E-state index is 0.103. The highest BCUT2D eigenvalue weighted by molar-refractivity contribution is 7.89. The minimum atomic E-state index is -3.70. The first-order chi connectivity index (χ1) is 15.4. The minimum Gasteiger partial charge on any atom is -0.233 e. The molecule has 2 aromatic carbocycles. The second-order valence-electron chi connectivity index (χ2n) is 8.41. The molecule has 2 heterocycles. The molecule has 1 aromatic heterocycles. The van der Waals surface area contributed by atoms with Gasteiger partial charge < -0.3 is 0 Å². The van der Waals surface area contributed by atoms with Gasteiger partial charge in [0.25, 0.3) is 0 Å². The third kappa shape index (κ3) is 4.73. The maximum Gasteiger partial charge on any atom is 0.243 e. The number of unbranched alkanes of at least 4 members (excludes halogenated alkanes) is 1. The first-order valence-electron chi connectivity index (χ1n) is 10.9. The van der Waals surface area contributed by atoms with E-state index in [0.717, 1.165) is 49.1 Å². The molecule has 7 nitrogen and oxygen atoms in total. The van der Waals surface area contributed by atoms with Crippen molar-refractivity contribution in [3.63, 3.8) is 0 Å². The van der Waals surface area contributed by atoms with Gasteiger partial charge in [-0.25, -0.2) is 17.5 Å². The molecular formula is C23H28FN5O2S. The summed E-state index contributed by atoms with van der Waals surface area (Å²) in [4.78, 5) is 0.298. The highest BCUT2D eigenvalue weighted by atomic mass is 32.2. The average Bonchev–Trinajstić information content (AvgIpc) is 3.38. The maximum absolute atomic E-state index is 13.7. The van der Waals surface area contributed by atoms with Gasteiger partial charge in [-0.1, -0.05) is 36.2 Å². The lowest BCUT2D eigenvalue weighted by Crippen LogP contribution is -2.37. The van der Waals surface area contributed by atoms with Crippen molar-refractivity contribution in [2.24, 2.45) is 7.05 Å². The number of nitrogens with zero attached hydrogens (tertiary/aromatic N) is 5. The topological polar surface area (TPSA) is 81.0 Å². The van der Waals surface area contributed by atoms with Gasteiger partial charge in [0.1, 0.15) is 5.82 Å². The van der Waals surface area contributed by atoms with Crippen molar-refractivity contribution in [1.29, 1.82) is 0 Å². The Balaban J connectivity index is 1.55. The average molecular weight is 458 g/mol. The van der Waals surface area contributed by atoms with Crippen LogP contribution in [0.1, 0.15) is 55.1 Å². The van der Waals surface area contributed by atoms with Gasteiger partial charge in [0, 0.05) is 19.5 Å². The van der Waals surface area contributed by atoms with E-state index >= 15 is 0 Å². The summed E-state index contributed by atoms with van der Waals surface area (Å²) in [5, 5.41) is 11.5. The first-order valence-corrected chi connectivity index (χ1v) is 12.4. The van der Waals surface area contributed by atoms with Gasteiger partial charge >= 0.3 is 0 Å². The molecule has 0 bridgehead atoms. The Morgan fingerprint density at radius 2 is 1.75 bits per heavy atom. The maximum atomic E-state index is 13.7. The SMILES string of the molecule is Cc1ccc(S(=O)(=O)N2C(CCCCc3nnnn3C)CCC2c2ccc(F)cc2)cc1. The van der Waals surface area contributed by atoms with Gasteiger partial charge in [-0.2, -0.15) is 4.31 Å². The number of aryl methyl sites for hydroxylation is 3. The second kappa shape index (κ2) is 9.46. The van der Waals surface area contributed by atoms with Crippen molar-refractivity contribution in [2.45, 2.75) is 62.4 Å². The highest BCUT2D eigenvalue weighted by Crippen LogP contribution is 2.42. The summed E-state index contributed by atoms with van der Waals surface area (Å²) in [6.07, 6.45) is 4.75. The standard InChI is InChI=1S/C23H28FN5O2S/c1-17-7-14-21(15-8-17)32(30,31)29-20(5-3-4-6-23-25-26-27-28(23)2)13-16-22(29)18-9-11-19(24)12-10-18/h7-12,14-15,20,22H,3-6,13,16H2,1-2H3. The summed E-state index contributed by atoms with van der Waals surface area (Å²) >= 11 is 0. The fourth-order valence-corrected chi connectivity index (χ4v) is 6.34. The second-order valence-corrected chi connectivity index (χ2v) is 10.3. The third-order valence-electron chi connectivity index (χ3n) is 6.19. The molecule has 0 radical (unpaired) electrons. The molecule has 0 aliphatic carbocycles. The Labute approximate surface area is 188 Å². The van der Waals surface area contributed by atoms with E-state index in [1.54, 1.807) is 33.3 Å². The Hall–Kier alpha value is -2.65.